The fraction of sp³-hybridized carbons (Fsp3) is 0.917. The minimum atomic E-state index is -0.299. The van der Waals surface area contributed by atoms with Gasteiger partial charge in [-0.3, -0.25) is 4.79 Å². The zero-order valence-electron chi connectivity index (χ0n) is 10.5. The first-order valence-electron chi connectivity index (χ1n) is 6.34. The highest BCUT2D eigenvalue weighted by molar-refractivity contribution is 5.85. The van der Waals surface area contributed by atoms with Crippen molar-refractivity contribution < 1.29 is 9.53 Å². The summed E-state index contributed by atoms with van der Waals surface area (Å²) in [5, 5.41) is 6.34. The first-order chi connectivity index (χ1) is 7.70. The highest BCUT2D eigenvalue weighted by Gasteiger charge is 2.31. The average molecular weight is 263 g/mol. The van der Waals surface area contributed by atoms with Crippen LogP contribution in [0.3, 0.4) is 0 Å². The van der Waals surface area contributed by atoms with Crippen molar-refractivity contribution in [2.75, 3.05) is 19.7 Å². The Balaban J connectivity index is 0.00000144. The third-order valence-corrected chi connectivity index (χ3v) is 3.60. The van der Waals surface area contributed by atoms with Gasteiger partial charge in [0.05, 0.1) is 6.61 Å². The first-order valence-corrected chi connectivity index (χ1v) is 6.34. The van der Waals surface area contributed by atoms with Crippen LogP contribution in [0.2, 0.25) is 0 Å². The van der Waals surface area contributed by atoms with Gasteiger partial charge in [-0.2, -0.15) is 0 Å². The van der Waals surface area contributed by atoms with Gasteiger partial charge in [0.2, 0.25) is 0 Å². The molecule has 0 spiro atoms. The number of hydrogen-bond donors (Lipinski definition) is 2. The maximum absolute atomic E-state index is 12.0. The van der Waals surface area contributed by atoms with Gasteiger partial charge in [0.1, 0.15) is 6.10 Å². The van der Waals surface area contributed by atoms with Gasteiger partial charge in [0, 0.05) is 18.6 Å². The Morgan fingerprint density at radius 2 is 2.06 bits per heavy atom. The molecule has 1 heterocycles. The summed E-state index contributed by atoms with van der Waals surface area (Å²) in [4.78, 5) is 12.0. The number of carbonyl (C=O) groups excluding carboxylic acids is 1. The van der Waals surface area contributed by atoms with Crippen LogP contribution in [-0.2, 0) is 9.53 Å². The molecule has 2 N–H and O–H groups in total. The summed E-state index contributed by atoms with van der Waals surface area (Å²) in [5.41, 5.74) is -0.00383. The SMILES string of the molecule is CC1(NC(=O)C2CNCCO2)CCCCC1.Cl. The lowest BCUT2D eigenvalue weighted by Gasteiger charge is -2.36. The standard InChI is InChI=1S/C12H22N2O2.ClH/c1-12(5-3-2-4-6-12)14-11(15)10-9-13-7-8-16-10;/h10,13H,2-9H2,1H3,(H,14,15);1H. The monoisotopic (exact) mass is 262 g/mol. The normalized spacial score (nSPS) is 27.9. The molecule has 2 aliphatic rings. The van der Waals surface area contributed by atoms with E-state index in [0.29, 0.717) is 13.2 Å². The number of halogens is 1. The van der Waals surface area contributed by atoms with E-state index in [2.05, 4.69) is 17.6 Å². The van der Waals surface area contributed by atoms with E-state index in [9.17, 15) is 4.79 Å². The highest BCUT2D eigenvalue weighted by atomic mass is 35.5. The van der Waals surface area contributed by atoms with Crippen LogP contribution in [0.25, 0.3) is 0 Å². The summed E-state index contributed by atoms with van der Waals surface area (Å²) < 4.78 is 5.45. The summed E-state index contributed by atoms with van der Waals surface area (Å²) in [6.45, 7) is 4.28. The topological polar surface area (TPSA) is 50.4 Å². The van der Waals surface area contributed by atoms with Crippen LogP contribution in [0.15, 0.2) is 0 Å². The second-order valence-electron chi connectivity index (χ2n) is 5.17. The molecule has 100 valence electrons. The van der Waals surface area contributed by atoms with E-state index >= 15 is 0 Å². The molecule has 0 bridgehead atoms. The van der Waals surface area contributed by atoms with Gasteiger partial charge in [-0.15, -0.1) is 12.4 Å². The zero-order chi connectivity index (χ0) is 11.4. The summed E-state index contributed by atoms with van der Waals surface area (Å²) in [5.74, 6) is 0.0524. The first kappa shape index (κ1) is 14.7. The highest BCUT2D eigenvalue weighted by Crippen LogP contribution is 2.27. The smallest absolute Gasteiger partial charge is 0.250 e. The molecule has 0 aromatic heterocycles. The van der Waals surface area contributed by atoms with Crippen molar-refractivity contribution in [3.63, 3.8) is 0 Å². The largest absolute Gasteiger partial charge is 0.366 e. The number of ether oxygens (including phenoxy) is 1. The van der Waals surface area contributed by atoms with E-state index in [0.717, 1.165) is 19.4 Å². The zero-order valence-corrected chi connectivity index (χ0v) is 11.3. The van der Waals surface area contributed by atoms with Gasteiger partial charge < -0.3 is 15.4 Å². The third kappa shape index (κ3) is 4.12. The quantitative estimate of drug-likeness (QED) is 0.787. The van der Waals surface area contributed by atoms with E-state index in [1.54, 1.807) is 0 Å². The molecule has 1 unspecified atom stereocenters. The summed E-state index contributed by atoms with van der Waals surface area (Å²) in [7, 11) is 0. The van der Waals surface area contributed by atoms with E-state index < -0.39 is 0 Å². The van der Waals surface area contributed by atoms with Gasteiger partial charge in [0.15, 0.2) is 0 Å². The van der Waals surface area contributed by atoms with Gasteiger partial charge in [0.25, 0.3) is 5.91 Å². The Morgan fingerprint density at radius 1 is 1.35 bits per heavy atom. The number of hydrogen-bond acceptors (Lipinski definition) is 3. The number of rotatable bonds is 2. The predicted molar refractivity (Wildman–Crippen MR) is 69.5 cm³/mol. The molecular formula is C12H23ClN2O2. The molecule has 0 aromatic rings. The molecule has 17 heavy (non-hydrogen) atoms. The molecule has 2 rings (SSSR count). The fourth-order valence-corrected chi connectivity index (χ4v) is 2.57. The van der Waals surface area contributed by atoms with Gasteiger partial charge in [-0.05, 0) is 19.8 Å². The lowest BCUT2D eigenvalue weighted by Crippen LogP contribution is -2.55. The van der Waals surface area contributed by atoms with E-state index in [4.69, 9.17) is 4.74 Å². The molecule has 1 aliphatic heterocycles. The van der Waals surface area contributed by atoms with Crippen molar-refractivity contribution in [1.82, 2.24) is 10.6 Å². The average Bonchev–Trinajstić information content (AvgIpc) is 2.30. The Hall–Kier alpha value is -0.320. The molecule has 1 saturated heterocycles. The molecule has 5 heteroatoms. The number of nitrogens with one attached hydrogen (secondary N) is 2. The number of amides is 1. The molecule has 0 aromatic carbocycles. The lowest BCUT2D eigenvalue weighted by atomic mass is 9.83. The maximum atomic E-state index is 12.0. The van der Waals surface area contributed by atoms with Crippen molar-refractivity contribution in [3.8, 4) is 0 Å². The third-order valence-electron chi connectivity index (χ3n) is 3.60. The van der Waals surface area contributed by atoms with Crippen LogP contribution in [0.1, 0.15) is 39.0 Å². The van der Waals surface area contributed by atoms with E-state index in [-0.39, 0.29) is 30.0 Å². The van der Waals surface area contributed by atoms with Crippen molar-refractivity contribution in [3.05, 3.63) is 0 Å². The number of morpholine rings is 1. The number of carbonyl (C=O) groups is 1. The van der Waals surface area contributed by atoms with Gasteiger partial charge in [-0.25, -0.2) is 0 Å². The van der Waals surface area contributed by atoms with Crippen LogP contribution in [-0.4, -0.2) is 37.2 Å². The summed E-state index contributed by atoms with van der Waals surface area (Å²) >= 11 is 0. The molecule has 1 aliphatic carbocycles. The van der Waals surface area contributed by atoms with Crippen LogP contribution < -0.4 is 10.6 Å². The van der Waals surface area contributed by atoms with Crippen molar-refractivity contribution in [2.45, 2.75) is 50.7 Å². The molecule has 4 nitrogen and oxygen atoms in total. The minimum Gasteiger partial charge on any atom is -0.366 e. The molecule has 2 fully saturated rings. The van der Waals surface area contributed by atoms with Crippen molar-refractivity contribution >= 4 is 18.3 Å². The van der Waals surface area contributed by atoms with Crippen LogP contribution >= 0.6 is 12.4 Å². The predicted octanol–water partition coefficient (Wildman–Crippen LogP) is 1.24. The van der Waals surface area contributed by atoms with Crippen LogP contribution in [0, 0.1) is 0 Å². The Bertz CT molecular complexity index is 249. The molecule has 1 saturated carbocycles. The van der Waals surface area contributed by atoms with Crippen molar-refractivity contribution in [1.29, 1.82) is 0 Å². The van der Waals surface area contributed by atoms with Crippen molar-refractivity contribution in [2.24, 2.45) is 0 Å². The van der Waals surface area contributed by atoms with Gasteiger partial charge >= 0.3 is 0 Å². The summed E-state index contributed by atoms with van der Waals surface area (Å²) in [6.07, 6.45) is 5.64. The Morgan fingerprint density at radius 3 is 2.65 bits per heavy atom. The fourth-order valence-electron chi connectivity index (χ4n) is 2.57. The van der Waals surface area contributed by atoms with E-state index in [1.807, 2.05) is 0 Å². The minimum absolute atomic E-state index is 0. The van der Waals surface area contributed by atoms with E-state index in [1.165, 1.54) is 19.3 Å². The summed E-state index contributed by atoms with van der Waals surface area (Å²) in [6, 6.07) is 0. The molecule has 0 radical (unpaired) electrons. The Labute approximate surface area is 109 Å². The Kier molecular flexibility index (Phi) is 5.70. The molecular weight excluding hydrogens is 240 g/mol. The molecule has 1 amide bonds. The maximum Gasteiger partial charge on any atom is 0.250 e. The molecule has 1 atom stereocenters. The lowest BCUT2D eigenvalue weighted by molar-refractivity contribution is -0.136. The second kappa shape index (κ2) is 6.57. The van der Waals surface area contributed by atoms with Gasteiger partial charge in [-0.1, -0.05) is 19.3 Å². The van der Waals surface area contributed by atoms with Crippen LogP contribution in [0.5, 0.6) is 0 Å². The second-order valence-corrected chi connectivity index (χ2v) is 5.17. The van der Waals surface area contributed by atoms with Crippen LogP contribution in [0.4, 0.5) is 0 Å².